The summed E-state index contributed by atoms with van der Waals surface area (Å²) in [6.07, 6.45) is 0. The molecule has 1 amide bonds. The SMILES string of the molecule is O=C(c1ccc(-c2ccccc2)cc1)N1CCN(Cc2c(Cl)cccc2Cl)CC1. The van der Waals surface area contributed by atoms with Gasteiger partial charge in [0.2, 0.25) is 0 Å². The quantitative estimate of drug-likeness (QED) is 0.542. The summed E-state index contributed by atoms with van der Waals surface area (Å²) < 4.78 is 0. The third kappa shape index (κ3) is 4.64. The summed E-state index contributed by atoms with van der Waals surface area (Å²) in [6.45, 7) is 3.69. The van der Waals surface area contributed by atoms with Gasteiger partial charge in [-0.05, 0) is 35.4 Å². The van der Waals surface area contributed by atoms with Crippen LogP contribution < -0.4 is 0 Å². The highest BCUT2D eigenvalue weighted by Crippen LogP contribution is 2.26. The number of amides is 1. The predicted octanol–water partition coefficient (Wildman–Crippen LogP) is 5.62. The molecule has 3 aromatic carbocycles. The van der Waals surface area contributed by atoms with Gasteiger partial charge in [-0.2, -0.15) is 0 Å². The van der Waals surface area contributed by atoms with Crippen LogP contribution in [0, 0.1) is 0 Å². The second-order valence-electron chi connectivity index (χ2n) is 7.21. The van der Waals surface area contributed by atoms with E-state index in [1.54, 1.807) is 0 Å². The standard InChI is InChI=1S/C24H22Cl2N2O/c25-22-7-4-8-23(26)21(22)17-27-13-15-28(16-14-27)24(29)20-11-9-19(10-12-20)18-5-2-1-3-6-18/h1-12H,13-17H2. The molecule has 1 heterocycles. The Hall–Kier alpha value is -2.33. The summed E-state index contributed by atoms with van der Waals surface area (Å²) in [4.78, 5) is 17.1. The normalized spacial score (nSPS) is 14.8. The second-order valence-corrected chi connectivity index (χ2v) is 8.03. The van der Waals surface area contributed by atoms with Crippen LogP contribution in [0.2, 0.25) is 10.0 Å². The Morgan fingerprint density at radius 2 is 1.31 bits per heavy atom. The van der Waals surface area contributed by atoms with Gasteiger partial charge in [0.25, 0.3) is 5.91 Å². The van der Waals surface area contributed by atoms with E-state index >= 15 is 0 Å². The van der Waals surface area contributed by atoms with Crippen LogP contribution in [0.1, 0.15) is 15.9 Å². The van der Waals surface area contributed by atoms with Crippen LogP contribution in [0.4, 0.5) is 0 Å². The van der Waals surface area contributed by atoms with Crippen molar-refractivity contribution < 1.29 is 4.79 Å². The smallest absolute Gasteiger partial charge is 0.253 e. The molecule has 0 bridgehead atoms. The van der Waals surface area contributed by atoms with Crippen LogP contribution in [0.15, 0.2) is 72.8 Å². The Bertz CT molecular complexity index is 961. The average molecular weight is 425 g/mol. The maximum Gasteiger partial charge on any atom is 0.253 e. The van der Waals surface area contributed by atoms with Crippen molar-refractivity contribution in [2.24, 2.45) is 0 Å². The van der Waals surface area contributed by atoms with Crippen molar-refractivity contribution in [3.05, 3.63) is 94.0 Å². The maximum absolute atomic E-state index is 12.9. The van der Waals surface area contributed by atoms with E-state index in [1.807, 2.05) is 65.6 Å². The lowest BCUT2D eigenvalue weighted by Gasteiger charge is -2.35. The minimum absolute atomic E-state index is 0.0834. The van der Waals surface area contributed by atoms with Gasteiger partial charge in [-0.1, -0.05) is 71.7 Å². The van der Waals surface area contributed by atoms with Crippen LogP contribution >= 0.6 is 23.2 Å². The lowest BCUT2D eigenvalue weighted by Crippen LogP contribution is -2.48. The largest absolute Gasteiger partial charge is 0.336 e. The van der Waals surface area contributed by atoms with Crippen LogP contribution in [0.25, 0.3) is 11.1 Å². The van der Waals surface area contributed by atoms with Gasteiger partial charge in [0.1, 0.15) is 0 Å². The molecule has 1 fully saturated rings. The Balaban J connectivity index is 1.36. The van der Waals surface area contributed by atoms with E-state index < -0.39 is 0 Å². The molecule has 4 rings (SSSR count). The number of hydrogen-bond donors (Lipinski definition) is 0. The fourth-order valence-electron chi connectivity index (χ4n) is 3.63. The topological polar surface area (TPSA) is 23.6 Å². The van der Waals surface area contributed by atoms with Gasteiger partial charge in [-0.25, -0.2) is 0 Å². The van der Waals surface area contributed by atoms with Gasteiger partial charge >= 0.3 is 0 Å². The molecule has 3 aromatic rings. The Morgan fingerprint density at radius 3 is 1.93 bits per heavy atom. The Labute approximate surface area is 181 Å². The highest BCUT2D eigenvalue weighted by molar-refractivity contribution is 6.35. The number of hydrogen-bond acceptors (Lipinski definition) is 2. The molecule has 0 N–H and O–H groups in total. The molecule has 1 aliphatic rings. The first-order valence-corrected chi connectivity index (χ1v) is 10.5. The zero-order valence-electron chi connectivity index (χ0n) is 16.0. The van der Waals surface area contributed by atoms with Gasteiger partial charge in [-0.3, -0.25) is 9.69 Å². The number of nitrogens with zero attached hydrogens (tertiary/aromatic N) is 2. The molecular weight excluding hydrogens is 403 g/mol. The first kappa shape index (κ1) is 20.0. The van der Waals surface area contributed by atoms with Gasteiger partial charge in [-0.15, -0.1) is 0 Å². The first-order valence-electron chi connectivity index (χ1n) is 9.72. The monoisotopic (exact) mass is 424 g/mol. The maximum atomic E-state index is 12.9. The molecule has 0 atom stereocenters. The van der Waals surface area contributed by atoms with Crippen molar-refractivity contribution in [1.29, 1.82) is 0 Å². The molecule has 0 aromatic heterocycles. The Kier molecular flexibility index (Phi) is 6.19. The minimum atomic E-state index is 0.0834. The number of halogens is 2. The van der Waals surface area contributed by atoms with Gasteiger partial charge in [0.05, 0.1) is 0 Å². The van der Waals surface area contributed by atoms with Crippen molar-refractivity contribution >= 4 is 29.1 Å². The second kappa shape index (κ2) is 9.00. The molecule has 0 spiro atoms. The molecule has 1 saturated heterocycles. The van der Waals surface area contributed by atoms with Crippen molar-refractivity contribution in [3.8, 4) is 11.1 Å². The molecule has 0 unspecified atom stereocenters. The van der Waals surface area contributed by atoms with Crippen LogP contribution in [0.3, 0.4) is 0 Å². The summed E-state index contributed by atoms with van der Waals surface area (Å²) in [7, 11) is 0. The molecule has 5 heteroatoms. The lowest BCUT2D eigenvalue weighted by atomic mass is 10.0. The number of benzene rings is 3. The minimum Gasteiger partial charge on any atom is -0.336 e. The van der Waals surface area contributed by atoms with E-state index in [0.717, 1.165) is 35.3 Å². The van der Waals surface area contributed by atoms with E-state index in [4.69, 9.17) is 23.2 Å². The van der Waals surface area contributed by atoms with Crippen molar-refractivity contribution in [2.75, 3.05) is 26.2 Å². The lowest BCUT2D eigenvalue weighted by molar-refractivity contribution is 0.0628. The summed E-state index contributed by atoms with van der Waals surface area (Å²) in [5.74, 6) is 0.0834. The molecule has 0 radical (unpaired) electrons. The van der Waals surface area contributed by atoms with E-state index in [9.17, 15) is 4.79 Å². The number of carbonyl (C=O) groups is 1. The summed E-state index contributed by atoms with van der Waals surface area (Å²) >= 11 is 12.6. The molecule has 0 saturated carbocycles. The zero-order chi connectivity index (χ0) is 20.2. The van der Waals surface area contributed by atoms with Gasteiger partial charge in [0.15, 0.2) is 0 Å². The van der Waals surface area contributed by atoms with Crippen LogP contribution in [0.5, 0.6) is 0 Å². The van der Waals surface area contributed by atoms with Crippen LogP contribution in [-0.4, -0.2) is 41.9 Å². The highest BCUT2D eigenvalue weighted by Gasteiger charge is 2.23. The van der Waals surface area contributed by atoms with E-state index in [-0.39, 0.29) is 5.91 Å². The third-order valence-electron chi connectivity index (χ3n) is 5.34. The van der Waals surface area contributed by atoms with E-state index in [1.165, 1.54) is 0 Å². The van der Waals surface area contributed by atoms with Crippen LogP contribution in [-0.2, 0) is 6.54 Å². The predicted molar refractivity (Wildman–Crippen MR) is 120 cm³/mol. The number of carbonyl (C=O) groups excluding carboxylic acids is 1. The first-order chi connectivity index (χ1) is 14.1. The molecule has 29 heavy (non-hydrogen) atoms. The average Bonchev–Trinajstić information content (AvgIpc) is 2.77. The summed E-state index contributed by atoms with van der Waals surface area (Å²) in [5.41, 5.74) is 3.95. The van der Waals surface area contributed by atoms with Gasteiger partial charge < -0.3 is 4.90 Å². The summed E-state index contributed by atoms with van der Waals surface area (Å²) in [6, 6.07) is 23.6. The zero-order valence-corrected chi connectivity index (χ0v) is 17.5. The van der Waals surface area contributed by atoms with Crippen molar-refractivity contribution in [1.82, 2.24) is 9.80 Å². The van der Waals surface area contributed by atoms with Crippen molar-refractivity contribution in [2.45, 2.75) is 6.54 Å². The molecular formula is C24H22Cl2N2O. The molecule has 148 valence electrons. The molecule has 1 aliphatic heterocycles. The molecule has 0 aliphatic carbocycles. The van der Waals surface area contributed by atoms with Gasteiger partial charge in [0, 0.05) is 53.9 Å². The highest BCUT2D eigenvalue weighted by atomic mass is 35.5. The van der Waals surface area contributed by atoms with Crippen molar-refractivity contribution in [3.63, 3.8) is 0 Å². The van der Waals surface area contributed by atoms with E-state index in [0.29, 0.717) is 29.7 Å². The number of rotatable bonds is 4. The van der Waals surface area contributed by atoms with E-state index in [2.05, 4.69) is 17.0 Å². The third-order valence-corrected chi connectivity index (χ3v) is 6.05. The number of piperazine rings is 1. The Morgan fingerprint density at radius 1 is 0.724 bits per heavy atom. The molecule has 3 nitrogen and oxygen atoms in total. The fraction of sp³-hybridized carbons (Fsp3) is 0.208. The fourth-order valence-corrected chi connectivity index (χ4v) is 4.15. The summed E-state index contributed by atoms with van der Waals surface area (Å²) in [5, 5.41) is 1.38.